The van der Waals surface area contributed by atoms with E-state index in [0.717, 1.165) is 0 Å². The van der Waals surface area contributed by atoms with Gasteiger partial charge in [-0.25, -0.2) is 0 Å². The van der Waals surface area contributed by atoms with E-state index in [9.17, 15) is 13.2 Å². The Morgan fingerprint density at radius 1 is 1.19 bits per heavy atom. The van der Waals surface area contributed by atoms with Crippen LogP contribution in [0.1, 0.15) is 19.4 Å². The van der Waals surface area contributed by atoms with Gasteiger partial charge < -0.3 is 0 Å². The van der Waals surface area contributed by atoms with Crippen molar-refractivity contribution < 1.29 is 13.2 Å². The van der Waals surface area contributed by atoms with Crippen molar-refractivity contribution in [2.45, 2.75) is 24.3 Å². The molecule has 4 heteroatoms. The molecule has 0 aliphatic rings. The van der Waals surface area contributed by atoms with Crippen LogP contribution >= 0.6 is 11.8 Å². The number of hydrogen-bond donors (Lipinski definition) is 0. The largest absolute Gasteiger partial charge is 0.446 e. The number of thioether (sulfide) groups is 1. The van der Waals surface area contributed by atoms with Gasteiger partial charge in [-0.2, -0.15) is 13.2 Å². The third-order valence-electron chi connectivity index (χ3n) is 1.61. The van der Waals surface area contributed by atoms with Gasteiger partial charge in [0.05, 0.1) is 0 Å². The smallest absolute Gasteiger partial charge is 0.160 e. The monoisotopic (exact) mass is 244 g/mol. The quantitative estimate of drug-likeness (QED) is 0.524. The minimum atomic E-state index is -4.27. The first-order chi connectivity index (χ1) is 7.38. The molecule has 0 N–H and O–H groups in total. The maximum atomic E-state index is 12.2. The highest BCUT2D eigenvalue weighted by Crippen LogP contribution is 2.38. The molecule has 0 amide bonds. The topological polar surface area (TPSA) is 0 Å². The minimum Gasteiger partial charge on any atom is -0.160 e. The summed E-state index contributed by atoms with van der Waals surface area (Å²) < 4.78 is 36.7. The molecule has 0 spiro atoms. The molecule has 0 bridgehead atoms. The minimum absolute atomic E-state index is 0.123. The summed E-state index contributed by atoms with van der Waals surface area (Å²) in [6.45, 7) is 3.79. The Morgan fingerprint density at radius 2 is 1.81 bits per heavy atom. The molecule has 1 rings (SSSR count). The Morgan fingerprint density at radius 3 is 2.38 bits per heavy atom. The van der Waals surface area contributed by atoms with Crippen LogP contribution in [0.25, 0.3) is 0 Å². The highest BCUT2D eigenvalue weighted by Gasteiger charge is 2.30. The molecule has 0 aliphatic heterocycles. The van der Waals surface area contributed by atoms with E-state index >= 15 is 0 Å². The Kier molecular flexibility index (Phi) is 4.31. The van der Waals surface area contributed by atoms with E-state index in [1.807, 2.05) is 13.8 Å². The molecule has 86 valence electrons. The molecule has 0 aliphatic carbocycles. The van der Waals surface area contributed by atoms with Crippen molar-refractivity contribution in [3.63, 3.8) is 0 Å². The lowest BCUT2D eigenvalue weighted by Gasteiger charge is -2.07. The van der Waals surface area contributed by atoms with Crippen molar-refractivity contribution in [3.05, 3.63) is 29.8 Å². The summed E-state index contributed by atoms with van der Waals surface area (Å²) in [7, 11) is 0. The van der Waals surface area contributed by atoms with Crippen LogP contribution in [0.5, 0.6) is 0 Å². The molecule has 0 nitrogen and oxygen atoms in total. The first-order valence-corrected chi connectivity index (χ1v) is 5.56. The van der Waals surface area contributed by atoms with E-state index < -0.39 is 5.51 Å². The van der Waals surface area contributed by atoms with Crippen LogP contribution in [0.4, 0.5) is 13.2 Å². The maximum Gasteiger partial charge on any atom is 0.446 e. The summed E-state index contributed by atoms with van der Waals surface area (Å²) >= 11 is -0.123. The van der Waals surface area contributed by atoms with Crippen molar-refractivity contribution in [2.24, 2.45) is 5.92 Å². The number of benzene rings is 1. The van der Waals surface area contributed by atoms with E-state index in [0.29, 0.717) is 5.56 Å². The highest BCUT2D eigenvalue weighted by molar-refractivity contribution is 8.00. The van der Waals surface area contributed by atoms with Crippen molar-refractivity contribution in [2.75, 3.05) is 0 Å². The van der Waals surface area contributed by atoms with Crippen molar-refractivity contribution >= 4 is 11.8 Å². The molecule has 1 aromatic carbocycles. The molecule has 0 radical (unpaired) electrons. The van der Waals surface area contributed by atoms with Crippen LogP contribution in [0.2, 0.25) is 0 Å². The SMILES string of the molecule is CC(C)C#Cc1ccccc1SC(F)(F)F. The zero-order valence-electron chi connectivity index (χ0n) is 8.93. The van der Waals surface area contributed by atoms with Crippen molar-refractivity contribution in [1.82, 2.24) is 0 Å². The van der Waals surface area contributed by atoms with Gasteiger partial charge in [-0.05, 0) is 23.9 Å². The molecule has 0 fully saturated rings. The molecule has 0 saturated carbocycles. The fourth-order valence-corrected chi connectivity index (χ4v) is 1.63. The number of halogens is 3. The van der Waals surface area contributed by atoms with Crippen LogP contribution < -0.4 is 0 Å². The lowest BCUT2D eigenvalue weighted by atomic mass is 10.2. The Labute approximate surface area is 97.2 Å². The average Bonchev–Trinajstić information content (AvgIpc) is 2.14. The molecular formula is C12H11F3S. The van der Waals surface area contributed by atoms with Crippen LogP contribution in [0, 0.1) is 17.8 Å². The van der Waals surface area contributed by atoms with Crippen LogP contribution in [-0.4, -0.2) is 5.51 Å². The van der Waals surface area contributed by atoms with Gasteiger partial charge in [0, 0.05) is 16.4 Å². The van der Waals surface area contributed by atoms with E-state index in [1.54, 1.807) is 18.2 Å². The Bertz CT molecular complexity index is 410. The normalized spacial score (nSPS) is 11.1. The van der Waals surface area contributed by atoms with Gasteiger partial charge in [-0.3, -0.25) is 0 Å². The average molecular weight is 244 g/mol. The molecule has 0 aromatic heterocycles. The summed E-state index contributed by atoms with van der Waals surface area (Å²) in [5.74, 6) is 5.76. The fourth-order valence-electron chi connectivity index (χ4n) is 1.01. The lowest BCUT2D eigenvalue weighted by Crippen LogP contribution is -2.00. The van der Waals surface area contributed by atoms with E-state index in [2.05, 4.69) is 11.8 Å². The van der Waals surface area contributed by atoms with Gasteiger partial charge in [0.2, 0.25) is 0 Å². The predicted molar refractivity (Wildman–Crippen MR) is 60.1 cm³/mol. The summed E-state index contributed by atoms with van der Waals surface area (Å²) in [6, 6.07) is 6.30. The summed E-state index contributed by atoms with van der Waals surface area (Å²) in [6.07, 6.45) is 0. The number of alkyl halides is 3. The predicted octanol–water partition coefficient (Wildman–Crippen LogP) is 4.31. The van der Waals surface area contributed by atoms with Crippen LogP contribution in [0.15, 0.2) is 29.2 Å². The van der Waals surface area contributed by atoms with Gasteiger partial charge in [-0.15, -0.1) is 0 Å². The van der Waals surface area contributed by atoms with E-state index in [-0.39, 0.29) is 22.6 Å². The zero-order chi connectivity index (χ0) is 12.2. The first-order valence-electron chi connectivity index (χ1n) is 4.75. The second-order valence-corrected chi connectivity index (χ2v) is 4.57. The second-order valence-electron chi connectivity index (χ2n) is 3.47. The first kappa shape index (κ1) is 13.0. The molecule has 0 saturated heterocycles. The molecule has 0 heterocycles. The third-order valence-corrected chi connectivity index (χ3v) is 2.42. The van der Waals surface area contributed by atoms with Crippen LogP contribution in [0.3, 0.4) is 0 Å². The molecule has 16 heavy (non-hydrogen) atoms. The van der Waals surface area contributed by atoms with Gasteiger partial charge >= 0.3 is 5.51 Å². The number of hydrogen-bond acceptors (Lipinski definition) is 1. The van der Waals surface area contributed by atoms with E-state index in [4.69, 9.17) is 0 Å². The lowest BCUT2D eigenvalue weighted by molar-refractivity contribution is -0.0328. The molecular weight excluding hydrogens is 233 g/mol. The number of rotatable bonds is 1. The zero-order valence-corrected chi connectivity index (χ0v) is 9.75. The van der Waals surface area contributed by atoms with Crippen molar-refractivity contribution in [1.29, 1.82) is 0 Å². The van der Waals surface area contributed by atoms with Crippen LogP contribution in [-0.2, 0) is 0 Å². The highest BCUT2D eigenvalue weighted by atomic mass is 32.2. The van der Waals surface area contributed by atoms with Gasteiger partial charge in [-0.1, -0.05) is 37.8 Å². The van der Waals surface area contributed by atoms with Crippen molar-refractivity contribution in [3.8, 4) is 11.8 Å². The molecule has 1 aromatic rings. The van der Waals surface area contributed by atoms with Gasteiger partial charge in [0.25, 0.3) is 0 Å². The van der Waals surface area contributed by atoms with Gasteiger partial charge in [0.15, 0.2) is 0 Å². The fraction of sp³-hybridized carbons (Fsp3) is 0.333. The Balaban J connectivity index is 2.98. The standard InChI is InChI=1S/C12H11F3S/c1-9(2)7-8-10-5-3-4-6-11(10)16-12(13,14)15/h3-6,9H,1-2H3. The summed E-state index contributed by atoms with van der Waals surface area (Å²) in [5, 5.41) is 0. The van der Waals surface area contributed by atoms with Gasteiger partial charge in [0.1, 0.15) is 0 Å². The molecule has 0 atom stereocenters. The third kappa shape index (κ3) is 4.63. The summed E-state index contributed by atoms with van der Waals surface area (Å²) in [4.78, 5) is 0.156. The second kappa shape index (κ2) is 5.31. The summed E-state index contributed by atoms with van der Waals surface area (Å²) in [5.41, 5.74) is -3.84. The Hall–Kier alpha value is -1.08. The van der Waals surface area contributed by atoms with E-state index in [1.165, 1.54) is 6.07 Å². The maximum absolute atomic E-state index is 12.2. The molecule has 0 unspecified atom stereocenters.